The summed E-state index contributed by atoms with van der Waals surface area (Å²) in [7, 11) is 0. The van der Waals surface area contributed by atoms with Crippen LogP contribution in [0.5, 0.6) is 0 Å². The summed E-state index contributed by atoms with van der Waals surface area (Å²) in [5.74, 6) is 0.399. The van der Waals surface area contributed by atoms with Gasteiger partial charge in [-0.25, -0.2) is 0 Å². The Morgan fingerprint density at radius 3 is 3.07 bits per heavy atom. The molecule has 0 saturated heterocycles. The fraction of sp³-hybridized carbons (Fsp3) is 0.417. The van der Waals surface area contributed by atoms with E-state index in [2.05, 4.69) is 29.6 Å². The molecular weight excluding hydrogens is 188 g/mol. The van der Waals surface area contributed by atoms with Crippen LogP contribution in [0.1, 0.15) is 23.5 Å². The molecule has 0 fully saturated rings. The predicted octanol–water partition coefficient (Wildman–Crippen LogP) is 0.791. The van der Waals surface area contributed by atoms with E-state index in [0.29, 0.717) is 12.5 Å². The lowest BCUT2D eigenvalue weighted by molar-refractivity contribution is -0.119. The van der Waals surface area contributed by atoms with Crippen LogP contribution in [0.3, 0.4) is 0 Å². The first-order valence-corrected chi connectivity index (χ1v) is 5.36. The van der Waals surface area contributed by atoms with E-state index in [1.54, 1.807) is 0 Å². The molecule has 3 nitrogen and oxygen atoms in total. The molecule has 1 amide bonds. The predicted molar refractivity (Wildman–Crippen MR) is 59.6 cm³/mol. The molecule has 0 spiro atoms. The number of amides is 1. The van der Waals surface area contributed by atoms with E-state index in [0.717, 1.165) is 12.8 Å². The van der Waals surface area contributed by atoms with Crippen molar-refractivity contribution in [3.05, 3.63) is 35.4 Å². The lowest BCUT2D eigenvalue weighted by atomic mass is 10.0. The Labute approximate surface area is 89.7 Å². The first-order valence-electron chi connectivity index (χ1n) is 5.36. The molecule has 15 heavy (non-hydrogen) atoms. The van der Waals surface area contributed by atoms with Crippen LogP contribution in [-0.4, -0.2) is 19.0 Å². The van der Waals surface area contributed by atoms with E-state index in [-0.39, 0.29) is 12.5 Å². The highest BCUT2D eigenvalue weighted by Gasteiger charge is 2.21. The average Bonchev–Trinajstić information content (AvgIpc) is 2.69. The number of aryl methyl sites for hydroxylation is 1. The minimum Gasteiger partial charge on any atom is -0.354 e. The normalized spacial score (nSPS) is 18.6. The lowest BCUT2D eigenvalue weighted by Gasteiger charge is -2.12. The standard InChI is InChI=1S/C12H16N2O/c13-7-12(15)14-8-10-6-5-9-3-1-2-4-11(9)10/h1-4,10H,5-8,13H2,(H,14,15). The summed E-state index contributed by atoms with van der Waals surface area (Å²) in [5, 5.41) is 2.85. The Balaban J connectivity index is 1.99. The van der Waals surface area contributed by atoms with Gasteiger partial charge >= 0.3 is 0 Å². The van der Waals surface area contributed by atoms with Crippen molar-refractivity contribution in [1.29, 1.82) is 0 Å². The largest absolute Gasteiger partial charge is 0.354 e. The summed E-state index contributed by atoms with van der Waals surface area (Å²) in [5.41, 5.74) is 8.04. The molecule has 1 aromatic rings. The molecule has 1 atom stereocenters. The zero-order chi connectivity index (χ0) is 10.7. The Morgan fingerprint density at radius 1 is 1.47 bits per heavy atom. The zero-order valence-electron chi connectivity index (χ0n) is 8.70. The first-order chi connectivity index (χ1) is 7.31. The number of benzene rings is 1. The van der Waals surface area contributed by atoms with E-state index >= 15 is 0 Å². The molecule has 1 aliphatic carbocycles. The molecule has 3 heteroatoms. The Morgan fingerprint density at radius 2 is 2.27 bits per heavy atom. The first kappa shape index (κ1) is 10.2. The Kier molecular flexibility index (Phi) is 3.02. The van der Waals surface area contributed by atoms with Gasteiger partial charge in [-0.2, -0.15) is 0 Å². The minimum absolute atomic E-state index is 0.0700. The number of fused-ring (bicyclic) bond motifs is 1. The van der Waals surface area contributed by atoms with Crippen molar-refractivity contribution in [2.75, 3.05) is 13.1 Å². The monoisotopic (exact) mass is 204 g/mol. The summed E-state index contributed by atoms with van der Waals surface area (Å²) in [6.45, 7) is 0.793. The molecule has 0 saturated carbocycles. The maximum Gasteiger partial charge on any atom is 0.233 e. The van der Waals surface area contributed by atoms with Crippen molar-refractivity contribution in [1.82, 2.24) is 5.32 Å². The SMILES string of the molecule is NCC(=O)NCC1CCc2ccccc21. The highest BCUT2D eigenvalue weighted by atomic mass is 16.1. The molecule has 0 aliphatic heterocycles. The number of hydrogen-bond donors (Lipinski definition) is 2. The topological polar surface area (TPSA) is 55.1 Å². The molecule has 3 N–H and O–H groups in total. The third kappa shape index (κ3) is 2.18. The van der Waals surface area contributed by atoms with Crippen LogP contribution in [0.4, 0.5) is 0 Å². The summed E-state index contributed by atoms with van der Waals surface area (Å²) >= 11 is 0. The van der Waals surface area contributed by atoms with Gasteiger partial charge < -0.3 is 11.1 Å². The summed E-state index contributed by atoms with van der Waals surface area (Å²) in [4.78, 5) is 11.0. The van der Waals surface area contributed by atoms with Crippen LogP contribution in [0.15, 0.2) is 24.3 Å². The molecule has 1 unspecified atom stereocenters. The highest BCUT2D eigenvalue weighted by Crippen LogP contribution is 2.31. The summed E-state index contributed by atoms with van der Waals surface area (Å²) in [6, 6.07) is 8.45. The van der Waals surface area contributed by atoms with Gasteiger partial charge in [-0.3, -0.25) is 4.79 Å². The molecule has 0 radical (unpaired) electrons. The lowest BCUT2D eigenvalue weighted by Crippen LogP contribution is -2.33. The second-order valence-corrected chi connectivity index (χ2v) is 3.94. The van der Waals surface area contributed by atoms with E-state index in [9.17, 15) is 4.79 Å². The molecule has 0 bridgehead atoms. The molecule has 80 valence electrons. The number of nitrogens with one attached hydrogen (secondary N) is 1. The third-order valence-corrected chi connectivity index (χ3v) is 2.99. The van der Waals surface area contributed by atoms with E-state index in [1.165, 1.54) is 11.1 Å². The fourth-order valence-corrected chi connectivity index (χ4v) is 2.17. The van der Waals surface area contributed by atoms with E-state index in [1.807, 2.05) is 0 Å². The van der Waals surface area contributed by atoms with Gasteiger partial charge in [0, 0.05) is 12.5 Å². The van der Waals surface area contributed by atoms with Crippen molar-refractivity contribution in [2.45, 2.75) is 18.8 Å². The maximum absolute atomic E-state index is 11.0. The Hall–Kier alpha value is -1.35. The minimum atomic E-state index is -0.0700. The van der Waals surface area contributed by atoms with Gasteiger partial charge in [-0.05, 0) is 24.0 Å². The second-order valence-electron chi connectivity index (χ2n) is 3.94. The second kappa shape index (κ2) is 4.45. The van der Waals surface area contributed by atoms with Gasteiger partial charge in [0.2, 0.25) is 5.91 Å². The highest BCUT2D eigenvalue weighted by molar-refractivity contribution is 5.77. The van der Waals surface area contributed by atoms with Gasteiger partial charge in [-0.15, -0.1) is 0 Å². The van der Waals surface area contributed by atoms with Crippen molar-refractivity contribution in [3.63, 3.8) is 0 Å². The van der Waals surface area contributed by atoms with Crippen molar-refractivity contribution >= 4 is 5.91 Å². The average molecular weight is 204 g/mol. The molecule has 1 aromatic carbocycles. The molecule has 1 aliphatic rings. The van der Waals surface area contributed by atoms with Crippen LogP contribution < -0.4 is 11.1 Å². The van der Waals surface area contributed by atoms with Gasteiger partial charge in [0.15, 0.2) is 0 Å². The van der Waals surface area contributed by atoms with Crippen LogP contribution in [-0.2, 0) is 11.2 Å². The number of nitrogens with two attached hydrogens (primary N) is 1. The summed E-state index contributed by atoms with van der Waals surface area (Å²) < 4.78 is 0. The van der Waals surface area contributed by atoms with E-state index < -0.39 is 0 Å². The van der Waals surface area contributed by atoms with Gasteiger partial charge in [0.25, 0.3) is 0 Å². The molecule has 0 heterocycles. The van der Waals surface area contributed by atoms with Crippen LogP contribution in [0.25, 0.3) is 0 Å². The fourth-order valence-electron chi connectivity index (χ4n) is 2.17. The number of rotatable bonds is 3. The van der Waals surface area contributed by atoms with Crippen LogP contribution in [0.2, 0.25) is 0 Å². The maximum atomic E-state index is 11.0. The smallest absolute Gasteiger partial charge is 0.233 e. The quantitative estimate of drug-likeness (QED) is 0.765. The van der Waals surface area contributed by atoms with Crippen LogP contribution >= 0.6 is 0 Å². The van der Waals surface area contributed by atoms with Gasteiger partial charge in [0.05, 0.1) is 6.54 Å². The molecule has 2 rings (SSSR count). The zero-order valence-corrected chi connectivity index (χ0v) is 8.70. The van der Waals surface area contributed by atoms with Crippen molar-refractivity contribution in [2.24, 2.45) is 5.73 Å². The summed E-state index contributed by atoms with van der Waals surface area (Å²) in [6.07, 6.45) is 2.25. The number of carbonyl (C=O) groups excluding carboxylic acids is 1. The van der Waals surface area contributed by atoms with Crippen molar-refractivity contribution in [3.8, 4) is 0 Å². The molecule has 0 aromatic heterocycles. The third-order valence-electron chi connectivity index (χ3n) is 2.99. The number of hydrogen-bond acceptors (Lipinski definition) is 2. The molecular formula is C12H16N2O. The van der Waals surface area contributed by atoms with Crippen LogP contribution in [0, 0.1) is 0 Å². The van der Waals surface area contributed by atoms with Crippen molar-refractivity contribution < 1.29 is 4.79 Å². The van der Waals surface area contributed by atoms with Gasteiger partial charge in [-0.1, -0.05) is 24.3 Å². The Bertz CT molecular complexity index is 362. The number of carbonyl (C=O) groups is 1. The van der Waals surface area contributed by atoms with E-state index in [4.69, 9.17) is 5.73 Å². The van der Waals surface area contributed by atoms with Gasteiger partial charge in [0.1, 0.15) is 0 Å².